The van der Waals surface area contributed by atoms with Crippen molar-refractivity contribution >= 4 is 33.4 Å². The molecule has 0 bridgehead atoms. The standard InChI is InChI=1S/C20H17FN2O5S/c1-2-26-18(24)10-23-13-8-7-12(21)9-17(13)29-20(23)22-19(25)16-11-27-14-5-3-4-6-15(14)28-16/h3-9,16H,2,10-11H2,1H3. The number of para-hydroxylation sites is 2. The Bertz CT molecular complexity index is 1150. The van der Waals surface area contributed by atoms with Gasteiger partial charge in [0.1, 0.15) is 19.0 Å². The third-order valence-corrected chi connectivity index (χ3v) is 5.27. The van der Waals surface area contributed by atoms with E-state index in [4.69, 9.17) is 14.2 Å². The van der Waals surface area contributed by atoms with E-state index in [0.717, 1.165) is 11.3 Å². The smallest absolute Gasteiger partial charge is 0.326 e. The zero-order valence-corrected chi connectivity index (χ0v) is 16.3. The Morgan fingerprint density at radius 2 is 2.07 bits per heavy atom. The minimum atomic E-state index is -0.914. The number of esters is 1. The van der Waals surface area contributed by atoms with E-state index in [1.807, 2.05) is 6.07 Å². The van der Waals surface area contributed by atoms with Gasteiger partial charge in [-0.1, -0.05) is 23.5 Å². The lowest BCUT2D eigenvalue weighted by Gasteiger charge is -2.23. The Morgan fingerprint density at radius 3 is 2.86 bits per heavy atom. The van der Waals surface area contributed by atoms with Crippen LogP contribution in [0.1, 0.15) is 6.92 Å². The number of thiazole rings is 1. The first kappa shape index (κ1) is 19.1. The van der Waals surface area contributed by atoms with E-state index >= 15 is 0 Å². The number of hydrogen-bond acceptors (Lipinski definition) is 6. The number of carbonyl (C=O) groups excluding carboxylic acids is 2. The molecule has 0 saturated carbocycles. The molecule has 0 N–H and O–H groups in total. The fourth-order valence-electron chi connectivity index (χ4n) is 2.93. The van der Waals surface area contributed by atoms with Crippen LogP contribution < -0.4 is 14.3 Å². The first-order valence-electron chi connectivity index (χ1n) is 8.96. The molecule has 29 heavy (non-hydrogen) atoms. The Labute approximate surface area is 169 Å². The third-order valence-electron chi connectivity index (χ3n) is 4.23. The first-order chi connectivity index (χ1) is 14.0. The van der Waals surface area contributed by atoms with Crippen LogP contribution >= 0.6 is 11.3 Å². The number of rotatable bonds is 4. The molecule has 1 aliphatic rings. The molecule has 1 aromatic heterocycles. The van der Waals surface area contributed by atoms with Gasteiger partial charge in [-0.05, 0) is 37.3 Å². The van der Waals surface area contributed by atoms with Crippen molar-refractivity contribution in [2.24, 2.45) is 4.99 Å². The van der Waals surface area contributed by atoms with Crippen molar-refractivity contribution in [1.29, 1.82) is 0 Å². The molecule has 0 spiro atoms. The van der Waals surface area contributed by atoms with Crippen LogP contribution in [0, 0.1) is 5.82 Å². The summed E-state index contributed by atoms with van der Waals surface area (Å²) in [7, 11) is 0. The number of carbonyl (C=O) groups is 2. The maximum Gasteiger partial charge on any atom is 0.326 e. The number of halogens is 1. The minimum absolute atomic E-state index is 0.0245. The zero-order valence-electron chi connectivity index (χ0n) is 15.5. The van der Waals surface area contributed by atoms with E-state index in [0.29, 0.717) is 21.7 Å². The Morgan fingerprint density at radius 1 is 1.28 bits per heavy atom. The predicted molar refractivity (Wildman–Crippen MR) is 103 cm³/mol. The summed E-state index contributed by atoms with van der Waals surface area (Å²) < 4.78 is 32.0. The van der Waals surface area contributed by atoms with E-state index in [1.54, 1.807) is 31.2 Å². The number of amides is 1. The molecule has 0 aliphatic carbocycles. The number of nitrogens with zero attached hydrogens (tertiary/aromatic N) is 2. The van der Waals surface area contributed by atoms with Gasteiger partial charge in [0, 0.05) is 0 Å². The van der Waals surface area contributed by atoms with Gasteiger partial charge in [0.25, 0.3) is 5.91 Å². The summed E-state index contributed by atoms with van der Waals surface area (Å²) in [6.45, 7) is 1.82. The molecule has 0 fully saturated rings. The molecule has 1 unspecified atom stereocenters. The zero-order chi connectivity index (χ0) is 20.4. The second-order valence-electron chi connectivity index (χ2n) is 6.20. The molecule has 1 amide bonds. The van der Waals surface area contributed by atoms with Crippen LogP contribution in [0.5, 0.6) is 11.5 Å². The molecule has 4 rings (SSSR count). The third kappa shape index (κ3) is 4.00. The van der Waals surface area contributed by atoms with Crippen LogP contribution in [0.4, 0.5) is 4.39 Å². The predicted octanol–water partition coefficient (Wildman–Crippen LogP) is 2.67. The highest BCUT2D eigenvalue weighted by molar-refractivity contribution is 7.16. The second-order valence-corrected chi connectivity index (χ2v) is 7.21. The Hall–Kier alpha value is -3.20. The molecule has 2 aromatic carbocycles. The summed E-state index contributed by atoms with van der Waals surface area (Å²) in [6, 6.07) is 11.2. The minimum Gasteiger partial charge on any atom is -0.485 e. The lowest BCUT2D eigenvalue weighted by molar-refractivity contribution is -0.143. The highest BCUT2D eigenvalue weighted by atomic mass is 32.1. The lowest BCUT2D eigenvalue weighted by Crippen LogP contribution is -2.37. The number of hydrogen-bond donors (Lipinski definition) is 0. The van der Waals surface area contributed by atoms with Crippen molar-refractivity contribution in [2.45, 2.75) is 19.6 Å². The van der Waals surface area contributed by atoms with E-state index < -0.39 is 23.8 Å². The molecule has 0 saturated heterocycles. The summed E-state index contributed by atoms with van der Waals surface area (Å²) in [5.41, 5.74) is 0.585. The summed E-state index contributed by atoms with van der Waals surface area (Å²) in [4.78, 5) is 29.1. The highest BCUT2D eigenvalue weighted by Crippen LogP contribution is 2.31. The van der Waals surface area contributed by atoms with Crippen molar-refractivity contribution in [3.05, 3.63) is 53.1 Å². The fourth-order valence-corrected chi connectivity index (χ4v) is 3.99. The van der Waals surface area contributed by atoms with Crippen molar-refractivity contribution < 1.29 is 28.2 Å². The average Bonchev–Trinajstić information content (AvgIpc) is 3.03. The van der Waals surface area contributed by atoms with E-state index in [-0.39, 0.29) is 24.6 Å². The fraction of sp³-hybridized carbons (Fsp3) is 0.250. The van der Waals surface area contributed by atoms with Gasteiger partial charge in [-0.2, -0.15) is 4.99 Å². The normalized spacial score (nSPS) is 16.1. The summed E-state index contributed by atoms with van der Waals surface area (Å²) in [5.74, 6) is -0.419. The maximum atomic E-state index is 13.6. The van der Waals surface area contributed by atoms with Crippen LogP contribution in [-0.4, -0.2) is 35.8 Å². The maximum absolute atomic E-state index is 13.6. The van der Waals surface area contributed by atoms with Crippen molar-refractivity contribution in [3.8, 4) is 11.5 Å². The lowest BCUT2D eigenvalue weighted by atomic mass is 10.2. The molecule has 9 heteroatoms. The molecule has 2 heterocycles. The van der Waals surface area contributed by atoms with E-state index in [1.165, 1.54) is 16.7 Å². The first-order valence-corrected chi connectivity index (χ1v) is 9.78. The molecule has 1 atom stereocenters. The number of benzene rings is 2. The molecular formula is C20H17FN2O5S. The largest absolute Gasteiger partial charge is 0.485 e. The van der Waals surface area contributed by atoms with Gasteiger partial charge >= 0.3 is 5.97 Å². The molecule has 0 radical (unpaired) electrons. The van der Waals surface area contributed by atoms with Crippen LogP contribution in [0.3, 0.4) is 0 Å². The number of fused-ring (bicyclic) bond motifs is 2. The SMILES string of the molecule is CCOC(=O)Cn1c(=NC(=O)C2COc3ccccc3O2)sc2cc(F)ccc21. The van der Waals surface area contributed by atoms with Crippen LogP contribution in [0.2, 0.25) is 0 Å². The van der Waals surface area contributed by atoms with Gasteiger partial charge in [0.2, 0.25) is 6.10 Å². The van der Waals surface area contributed by atoms with Crippen LogP contribution in [0.15, 0.2) is 47.5 Å². The van der Waals surface area contributed by atoms with Gasteiger partial charge < -0.3 is 18.8 Å². The Kier molecular flexibility index (Phi) is 5.30. The molecule has 1 aliphatic heterocycles. The number of aromatic nitrogens is 1. The van der Waals surface area contributed by atoms with E-state index in [2.05, 4.69) is 4.99 Å². The topological polar surface area (TPSA) is 79.1 Å². The summed E-state index contributed by atoms with van der Waals surface area (Å²) in [5, 5.41) is 0. The summed E-state index contributed by atoms with van der Waals surface area (Å²) in [6.07, 6.45) is -0.914. The van der Waals surface area contributed by atoms with Gasteiger partial charge in [-0.15, -0.1) is 0 Å². The van der Waals surface area contributed by atoms with Gasteiger partial charge in [0.15, 0.2) is 16.3 Å². The van der Waals surface area contributed by atoms with Gasteiger partial charge in [-0.25, -0.2) is 4.39 Å². The molecular weight excluding hydrogens is 399 g/mol. The summed E-state index contributed by atoms with van der Waals surface area (Å²) >= 11 is 1.11. The van der Waals surface area contributed by atoms with Crippen molar-refractivity contribution in [2.75, 3.05) is 13.2 Å². The average molecular weight is 416 g/mol. The monoisotopic (exact) mass is 416 g/mol. The van der Waals surface area contributed by atoms with Crippen molar-refractivity contribution in [3.63, 3.8) is 0 Å². The van der Waals surface area contributed by atoms with Crippen molar-refractivity contribution in [1.82, 2.24) is 4.57 Å². The molecule has 3 aromatic rings. The molecule has 150 valence electrons. The Balaban J connectivity index is 1.69. The van der Waals surface area contributed by atoms with E-state index in [9.17, 15) is 14.0 Å². The highest BCUT2D eigenvalue weighted by Gasteiger charge is 2.27. The molecule has 7 nitrogen and oxygen atoms in total. The number of ether oxygens (including phenoxy) is 3. The quantitative estimate of drug-likeness (QED) is 0.611. The van der Waals surface area contributed by atoms with Gasteiger partial charge in [-0.3, -0.25) is 9.59 Å². The second kappa shape index (κ2) is 8.04. The van der Waals surface area contributed by atoms with Crippen LogP contribution in [0.25, 0.3) is 10.2 Å². The van der Waals surface area contributed by atoms with Gasteiger partial charge in [0.05, 0.1) is 16.8 Å². The van der Waals surface area contributed by atoms with Crippen LogP contribution in [-0.2, 0) is 20.9 Å².